The molecule has 16 heterocycles. The van der Waals surface area contributed by atoms with Crippen LogP contribution in [0, 0.1) is 96.6 Å². The zero-order valence-corrected chi connectivity index (χ0v) is 82.2. The zero-order valence-electron chi connectivity index (χ0n) is 72.1. The summed E-state index contributed by atoms with van der Waals surface area (Å²) in [5.41, 5.74) is -7.28. The molecule has 1 atom stereocenters. The fourth-order valence-corrected chi connectivity index (χ4v) is 18.2. The Kier molecular flexibility index (Phi) is 34.5. The number of anilines is 3. The summed E-state index contributed by atoms with van der Waals surface area (Å²) in [5.74, 6) is -8.60. The van der Waals surface area contributed by atoms with Crippen LogP contribution in [-0.4, -0.2) is 113 Å². The molecule has 19 rings (SSSR count). The third-order valence-corrected chi connectivity index (χ3v) is 24.6. The molecule has 19 aromatic rings. The second kappa shape index (κ2) is 45.9. The van der Waals surface area contributed by atoms with Gasteiger partial charge >= 0.3 is 109 Å². The molecule has 0 saturated carbocycles. The van der Waals surface area contributed by atoms with Gasteiger partial charge in [0.2, 0.25) is 13.9 Å². The zero-order chi connectivity index (χ0) is 99.9. The summed E-state index contributed by atoms with van der Waals surface area (Å²) in [7, 11) is -3.42. The molecular weight excluding hydrogens is 2680 g/mol. The standard InChI is InChI=1S/C31H18F5N5Si.C25H13F5N6.C21H11F6N5.C20H8F5N5O.4Pt/c32-26-18-17-23(30(33)38-26)24-13-7-15-28(37-24)42(21-9-3-1-4-10-21,22-11-5-2-6-12-22)29-16-8-14-27(39-29)41-20-19-25(40-41)31(34,35)36;26-20-13-12-17(24(27)32-20)18-8-4-10-22(31-18)36(16-6-2-1-3-7-16)23-11-5-9-21(33-23)35-15-14-19(34-35)25(28,29)30;1-20(24,14-5-2-4-13(28-14)12-8-9-17(22)30-19(12)23)15-6-3-7-18(29-15)32-11-10-16(31-32)21(25,26)27;21-16-8-7-11(19(22)28-16)12-3-1-4-13(26-12)18(31)14-5-2-6-17(27-14)30-10-9-15(29-30)20(23,24)25;;;;/h1-16,18-19H;1-11,13-14H;2-7,9-10H,1H3;1-6,8-9H;;;;/q4*-2;4*+2. The Bertz CT molecular complexity index is 7730. The quantitative estimate of drug-likeness (QED) is 0.0240. The van der Waals surface area contributed by atoms with Crippen molar-refractivity contribution in [2.75, 3.05) is 4.90 Å². The summed E-state index contributed by atoms with van der Waals surface area (Å²) < 4.78 is 285. The van der Waals surface area contributed by atoms with Crippen LogP contribution in [0.5, 0.6) is 0 Å². The van der Waals surface area contributed by atoms with Crippen molar-refractivity contribution in [1.29, 1.82) is 0 Å². The van der Waals surface area contributed by atoms with Crippen LogP contribution in [0.4, 0.5) is 110 Å². The van der Waals surface area contributed by atoms with Crippen molar-refractivity contribution in [3.63, 3.8) is 0 Å². The van der Waals surface area contributed by atoms with E-state index in [9.17, 15) is 92.6 Å². The summed E-state index contributed by atoms with van der Waals surface area (Å²) in [6.45, 7) is 1.14. The fraction of sp³-hybridized carbons (Fsp3) is 0.0619. The van der Waals surface area contributed by atoms with E-state index in [1.807, 2.05) is 60.7 Å². The van der Waals surface area contributed by atoms with E-state index in [2.05, 4.69) is 119 Å². The molecule has 0 fully saturated rings. The van der Waals surface area contributed by atoms with Gasteiger partial charge in [-0.2, -0.15) is 52.7 Å². The topological polar surface area (TPSA) is 246 Å². The van der Waals surface area contributed by atoms with Crippen LogP contribution >= 0.6 is 0 Å². The minimum absolute atomic E-state index is 0. The van der Waals surface area contributed by atoms with Crippen LogP contribution in [0.1, 0.15) is 57.3 Å². The van der Waals surface area contributed by atoms with E-state index in [1.54, 1.807) is 95.9 Å². The summed E-state index contributed by atoms with van der Waals surface area (Å²) in [4.78, 5) is 61.9. The Hall–Kier alpha value is -14.7. The first-order valence-corrected chi connectivity index (χ1v) is 42.5. The van der Waals surface area contributed by atoms with E-state index >= 15 is 4.39 Å². The number of halogens is 21. The molecule has 0 N–H and O–H groups in total. The van der Waals surface area contributed by atoms with Gasteiger partial charge in [-0.15, -0.1) is 48.5 Å². The molecule has 0 aliphatic heterocycles. The molecule has 0 aliphatic rings. The first kappa shape index (κ1) is 109. The van der Waals surface area contributed by atoms with Crippen molar-refractivity contribution < 1.29 is 181 Å². The second-order valence-electron chi connectivity index (χ2n) is 29.4. The first-order chi connectivity index (χ1) is 67.3. The molecular formula is C97H50F21N21OPt4Si. The van der Waals surface area contributed by atoms with Gasteiger partial charge in [0.05, 0.1) is 57.4 Å². The average molecular weight is 2730 g/mol. The molecule has 22 nitrogen and oxygen atoms in total. The number of ketones is 1. The maximum absolute atomic E-state index is 15.8. The maximum Gasteiger partial charge on any atom is 2.00 e. The number of hydrogen-bond acceptors (Lipinski definition) is 18. The number of hydrogen-bond donors (Lipinski definition) is 0. The van der Waals surface area contributed by atoms with Crippen LogP contribution in [0.2, 0.25) is 0 Å². The van der Waals surface area contributed by atoms with Crippen LogP contribution < -0.4 is 25.9 Å². The molecule has 0 aliphatic carbocycles. The van der Waals surface area contributed by atoms with Crippen molar-refractivity contribution in [1.82, 2.24) is 98.9 Å². The van der Waals surface area contributed by atoms with E-state index in [0.29, 0.717) is 40.1 Å². The number of pyridine rings is 12. The molecule has 0 saturated heterocycles. The average Bonchev–Trinajstić information content (AvgIpc) is 1.35. The Morgan fingerprint density at radius 3 is 0.979 bits per heavy atom. The normalized spacial score (nSPS) is 11.8. The van der Waals surface area contributed by atoms with Gasteiger partial charge in [-0.05, 0) is 101 Å². The predicted octanol–water partition coefficient (Wildman–Crippen LogP) is 18.8. The number of alkyl halides is 13. The molecule has 1 unspecified atom stereocenters. The largest absolute Gasteiger partial charge is 2.00 e. The van der Waals surface area contributed by atoms with Crippen LogP contribution in [0.25, 0.3) is 68.3 Å². The number of benzene rings is 3. The summed E-state index contributed by atoms with van der Waals surface area (Å²) >= 11 is 0. The van der Waals surface area contributed by atoms with Crippen molar-refractivity contribution in [3.8, 4) is 68.3 Å². The molecule has 740 valence electrons. The van der Waals surface area contributed by atoms with E-state index in [1.165, 1.54) is 84.9 Å². The SMILES string of the molecule is CC(F)(c1cccc(-c2[c-]cc(F)nc2F)n1)c1cccc(-n2[c-]cc(C(F)(F)F)n2)n1.Fc1c[c-]c(-c2cccc(N(c3ccccc3)c3cccc(-n4[c-]cc(C(F)(F)F)n4)n3)n2)c(F)n1.Fc1c[c-]c(-c2cccc([Si](c3ccccc3)(c3ccccc3)c3cccc(-n4[c-]cc(C(F)(F)F)n4)n3)n2)c(F)n1.O=C(c1cccc(-c2[c-]cc(F)nc2F)n1)c1cccc(-n2[c-]cc(C(F)(F)F)n2)n1.[Pt+2].[Pt+2].[Pt+2].[Pt+2]. The van der Waals surface area contributed by atoms with Gasteiger partial charge in [0.1, 0.15) is 70.6 Å². The van der Waals surface area contributed by atoms with Crippen LogP contribution in [-0.2, 0) is 115 Å². The number of carbonyl (C=O) groups excluding carboxylic acids is 1. The molecule has 0 bridgehead atoms. The summed E-state index contributed by atoms with van der Waals surface area (Å²) in [6.07, 6.45) is -9.08. The summed E-state index contributed by atoms with van der Waals surface area (Å²) in [5, 5.41) is 16.7. The van der Waals surface area contributed by atoms with Gasteiger partial charge in [0.15, 0.2) is 5.67 Å². The Balaban J connectivity index is 0.000000172. The monoisotopic (exact) mass is 2730 g/mol. The number of nitrogens with zero attached hydrogens (tertiary/aromatic N) is 21. The van der Waals surface area contributed by atoms with E-state index in [-0.39, 0.29) is 175 Å². The van der Waals surface area contributed by atoms with Crippen molar-refractivity contribution in [3.05, 3.63) is 427 Å². The molecule has 48 heteroatoms. The van der Waals surface area contributed by atoms with E-state index < -0.39 is 115 Å². The Morgan fingerprint density at radius 1 is 0.283 bits per heavy atom. The van der Waals surface area contributed by atoms with Gasteiger partial charge in [0.25, 0.3) is 0 Å². The van der Waals surface area contributed by atoms with Crippen molar-refractivity contribution in [2.24, 2.45) is 0 Å². The minimum atomic E-state index is -4.67. The molecule has 0 spiro atoms. The number of aromatic nitrogens is 20. The van der Waals surface area contributed by atoms with Crippen molar-refractivity contribution >= 4 is 52.2 Å². The summed E-state index contributed by atoms with van der Waals surface area (Å²) in [6, 6.07) is 80.0. The molecule has 145 heavy (non-hydrogen) atoms. The maximum atomic E-state index is 15.8. The van der Waals surface area contributed by atoms with Crippen LogP contribution in [0.3, 0.4) is 0 Å². The van der Waals surface area contributed by atoms with Gasteiger partial charge < -0.3 is 28.7 Å². The minimum Gasteiger partial charge on any atom is -0.343 e. The third-order valence-electron chi connectivity index (χ3n) is 20.2. The number of para-hydroxylation sites is 1. The Morgan fingerprint density at radius 2 is 0.579 bits per heavy atom. The smallest absolute Gasteiger partial charge is 0.343 e. The van der Waals surface area contributed by atoms with Gasteiger partial charge in [0, 0.05) is 16.3 Å². The molecule has 0 radical (unpaired) electrons. The van der Waals surface area contributed by atoms with E-state index in [4.69, 9.17) is 9.97 Å². The molecule has 16 aromatic heterocycles. The number of rotatable bonds is 19. The predicted molar refractivity (Wildman–Crippen MR) is 462 cm³/mol. The van der Waals surface area contributed by atoms with Gasteiger partial charge in [-0.3, -0.25) is 79.9 Å². The van der Waals surface area contributed by atoms with Gasteiger partial charge in [-0.1, -0.05) is 247 Å². The molecule has 3 aromatic carbocycles. The second-order valence-corrected chi connectivity index (χ2v) is 33.1. The van der Waals surface area contributed by atoms with E-state index in [0.717, 1.165) is 72.4 Å². The van der Waals surface area contributed by atoms with Gasteiger partial charge in [-0.25, -0.2) is 39.5 Å². The first-order valence-electron chi connectivity index (χ1n) is 40.5. The van der Waals surface area contributed by atoms with Crippen molar-refractivity contribution in [2.45, 2.75) is 37.3 Å². The number of carbonyl (C=O) groups is 1. The molecule has 0 amide bonds. The Labute approximate surface area is 863 Å². The third kappa shape index (κ3) is 25.0. The fourth-order valence-electron chi connectivity index (χ4n) is 13.8. The van der Waals surface area contributed by atoms with Crippen LogP contribution in [0.15, 0.2) is 285 Å².